The summed E-state index contributed by atoms with van der Waals surface area (Å²) in [6, 6.07) is 8.60. The Hall–Kier alpha value is -3.47. The number of benzene rings is 1. The number of allylic oxidation sites excluding steroid dienone is 8. The minimum Gasteiger partial charge on any atom is -0.299 e. The van der Waals surface area contributed by atoms with Crippen molar-refractivity contribution in [3.05, 3.63) is 83.0 Å². The number of carbonyl (C=O) groups excluding carboxylic acids is 5. The quantitative estimate of drug-likeness (QED) is 0.0593. The normalized spacial score (nSPS) is 32.2. The number of hydrogen-bond donors (Lipinski definition) is 0. The van der Waals surface area contributed by atoms with Gasteiger partial charge in [-0.2, -0.15) is 0 Å². The zero-order valence-corrected chi connectivity index (χ0v) is 28.5. The molecule has 5 nitrogen and oxygen atoms in total. The zero-order valence-electron chi connectivity index (χ0n) is 28.5. The molecular weight excluding hydrogens is 560 g/mol. The highest BCUT2D eigenvalue weighted by Gasteiger charge is 2.86. The lowest BCUT2D eigenvalue weighted by atomic mass is 9.27. The van der Waals surface area contributed by atoms with Crippen molar-refractivity contribution in [2.45, 2.75) is 88.0 Å². The molecule has 0 spiro atoms. The Bertz CT molecular complexity index is 1520. The van der Waals surface area contributed by atoms with Crippen LogP contribution < -0.4 is 0 Å². The molecule has 5 rings (SSSR count). The van der Waals surface area contributed by atoms with E-state index in [1.807, 2.05) is 59.8 Å². The Labute approximate surface area is 269 Å². The van der Waals surface area contributed by atoms with Crippen LogP contribution in [0.15, 0.2) is 77.4 Å². The minimum atomic E-state index is -2.02. The fraction of sp³-hybridized carbons (Fsp3) is 0.525. The van der Waals surface area contributed by atoms with Crippen LogP contribution in [-0.4, -0.2) is 29.4 Å². The first-order valence-electron chi connectivity index (χ1n) is 16.5. The van der Waals surface area contributed by atoms with Gasteiger partial charge in [-0.1, -0.05) is 107 Å². The van der Waals surface area contributed by atoms with Crippen molar-refractivity contribution in [1.82, 2.24) is 0 Å². The maximum atomic E-state index is 15.4. The summed E-state index contributed by atoms with van der Waals surface area (Å²) in [6.07, 6.45) is 12.1. The molecule has 240 valence electrons. The smallest absolute Gasteiger partial charge is 0.184 e. The first-order chi connectivity index (χ1) is 21.1. The van der Waals surface area contributed by atoms with Gasteiger partial charge in [0.25, 0.3) is 0 Å². The van der Waals surface area contributed by atoms with Crippen molar-refractivity contribution in [2.75, 3.05) is 0 Å². The van der Waals surface area contributed by atoms with Gasteiger partial charge in [0.2, 0.25) is 0 Å². The van der Waals surface area contributed by atoms with E-state index < -0.39 is 44.9 Å². The van der Waals surface area contributed by atoms with Crippen LogP contribution in [0.25, 0.3) is 0 Å². The summed E-state index contributed by atoms with van der Waals surface area (Å²) < 4.78 is 0. The molecule has 4 aliphatic carbocycles. The van der Waals surface area contributed by atoms with Crippen molar-refractivity contribution in [1.29, 1.82) is 0 Å². The summed E-state index contributed by atoms with van der Waals surface area (Å²) in [6.45, 7) is 17.8. The van der Waals surface area contributed by atoms with Crippen molar-refractivity contribution in [2.24, 2.45) is 45.3 Å². The van der Waals surface area contributed by atoms with Gasteiger partial charge in [-0.15, -0.1) is 0 Å². The molecule has 1 aromatic carbocycles. The van der Waals surface area contributed by atoms with Gasteiger partial charge in [-0.05, 0) is 81.8 Å². The highest BCUT2D eigenvalue weighted by atomic mass is 16.2. The van der Waals surface area contributed by atoms with Crippen LogP contribution in [0.4, 0.5) is 0 Å². The second kappa shape index (κ2) is 12.4. The third kappa shape index (κ3) is 5.02. The average Bonchev–Trinajstić information content (AvgIpc) is 2.99. The predicted octanol–water partition coefficient (Wildman–Crippen LogP) is 8.30. The van der Waals surface area contributed by atoms with Gasteiger partial charge in [0, 0.05) is 11.5 Å². The predicted molar refractivity (Wildman–Crippen MR) is 178 cm³/mol. The molecule has 0 saturated heterocycles. The van der Waals surface area contributed by atoms with E-state index >= 15 is 14.4 Å². The first kappa shape index (κ1) is 34.4. The molecule has 4 bridgehead atoms. The van der Waals surface area contributed by atoms with Crippen molar-refractivity contribution < 1.29 is 24.0 Å². The van der Waals surface area contributed by atoms with E-state index in [0.717, 1.165) is 35.8 Å². The standard InChI is InChI=1S/C40H50O5/c1-10-26(4)23-27(5)16-19-38-24-32-31(22-25(2)3)39(34(38)43,20-17-28(6)29(7)18-21-41)36(45)40(35(38)44,37(32,8)9)33(42)30-14-12-11-13-15-30/h11-19,21-22,26-27,31-32H,10,20,23-24H2,1-9H3. The molecule has 7 unspecified atom stereocenters. The number of Topliss-reactive ketones (excluding diaryl/α,β-unsaturated/α-hetero) is 4. The summed E-state index contributed by atoms with van der Waals surface area (Å²) in [4.78, 5) is 71.9. The molecule has 0 N–H and O–H groups in total. The fourth-order valence-corrected chi connectivity index (χ4v) is 8.63. The maximum Gasteiger partial charge on any atom is 0.184 e. The van der Waals surface area contributed by atoms with E-state index in [4.69, 9.17) is 0 Å². The largest absolute Gasteiger partial charge is 0.299 e. The SMILES string of the molecule is CCC(C)CC(C)C=CC12CC3C(C=C(C)C)C(CC=C(C)C(C)=CC=O)(C1=O)C(=O)C(C(=O)c1ccccc1)(C2=O)C3(C)C. The average molecular weight is 611 g/mol. The van der Waals surface area contributed by atoms with Crippen LogP contribution >= 0.6 is 0 Å². The molecule has 1 aromatic rings. The molecule has 5 heteroatoms. The van der Waals surface area contributed by atoms with Gasteiger partial charge in [-0.25, -0.2) is 0 Å². The molecule has 0 amide bonds. The molecule has 4 aliphatic rings. The second-order valence-corrected chi connectivity index (χ2v) is 14.8. The van der Waals surface area contributed by atoms with E-state index in [1.165, 1.54) is 6.08 Å². The summed E-state index contributed by atoms with van der Waals surface area (Å²) in [5.74, 6) is -2.21. The van der Waals surface area contributed by atoms with Crippen LogP contribution in [0.3, 0.4) is 0 Å². The number of ketones is 4. The van der Waals surface area contributed by atoms with Gasteiger partial charge in [0.05, 0.1) is 0 Å². The maximum absolute atomic E-state index is 15.4. The Kier molecular flexibility index (Phi) is 9.46. The van der Waals surface area contributed by atoms with E-state index in [9.17, 15) is 9.59 Å². The molecule has 0 aromatic heterocycles. The Morgan fingerprint density at radius 3 is 2.18 bits per heavy atom. The molecule has 0 heterocycles. The monoisotopic (exact) mass is 610 g/mol. The Balaban J connectivity index is 2.07. The second-order valence-electron chi connectivity index (χ2n) is 14.8. The highest BCUT2D eigenvalue weighted by Crippen LogP contribution is 2.75. The molecule has 0 aliphatic heterocycles. The number of carbonyl (C=O) groups is 5. The van der Waals surface area contributed by atoms with E-state index in [2.05, 4.69) is 20.8 Å². The number of hydrogen-bond acceptors (Lipinski definition) is 5. The van der Waals surface area contributed by atoms with Crippen LogP contribution in [-0.2, 0) is 19.2 Å². The van der Waals surface area contributed by atoms with Crippen molar-refractivity contribution in [3.63, 3.8) is 0 Å². The van der Waals surface area contributed by atoms with Crippen molar-refractivity contribution in [3.8, 4) is 0 Å². The molecule has 4 saturated carbocycles. The van der Waals surface area contributed by atoms with Gasteiger partial charge in [-0.3, -0.25) is 24.0 Å². The van der Waals surface area contributed by atoms with Crippen LogP contribution in [0.5, 0.6) is 0 Å². The lowest BCUT2D eigenvalue weighted by molar-refractivity contribution is -0.205. The van der Waals surface area contributed by atoms with E-state index in [-0.39, 0.29) is 30.5 Å². The van der Waals surface area contributed by atoms with E-state index in [1.54, 1.807) is 36.4 Å². The molecule has 7 atom stereocenters. The van der Waals surface area contributed by atoms with Gasteiger partial charge in [0.15, 0.2) is 28.5 Å². The van der Waals surface area contributed by atoms with E-state index in [0.29, 0.717) is 11.5 Å². The highest BCUT2D eigenvalue weighted by molar-refractivity contribution is 6.43. The number of aldehydes is 1. The summed E-state index contributed by atoms with van der Waals surface area (Å²) in [5, 5.41) is 0. The topological polar surface area (TPSA) is 85.3 Å². The molecule has 45 heavy (non-hydrogen) atoms. The van der Waals surface area contributed by atoms with Gasteiger partial charge >= 0.3 is 0 Å². The lowest BCUT2D eigenvalue weighted by Gasteiger charge is -2.70. The molecule has 0 radical (unpaired) electrons. The fourth-order valence-electron chi connectivity index (χ4n) is 8.63. The number of rotatable bonds is 12. The minimum absolute atomic E-state index is 0.0523. The van der Waals surface area contributed by atoms with Gasteiger partial charge < -0.3 is 0 Å². The van der Waals surface area contributed by atoms with Crippen LogP contribution in [0.1, 0.15) is 98.4 Å². The summed E-state index contributed by atoms with van der Waals surface area (Å²) in [7, 11) is 0. The Morgan fingerprint density at radius 1 is 0.956 bits per heavy atom. The van der Waals surface area contributed by atoms with Crippen molar-refractivity contribution >= 4 is 29.4 Å². The first-order valence-corrected chi connectivity index (χ1v) is 16.5. The summed E-state index contributed by atoms with van der Waals surface area (Å²) in [5.41, 5.74) is -3.47. The Morgan fingerprint density at radius 2 is 1.60 bits per heavy atom. The van der Waals surface area contributed by atoms with Crippen LogP contribution in [0.2, 0.25) is 0 Å². The molecule has 4 fully saturated rings. The van der Waals surface area contributed by atoms with Gasteiger partial charge in [0.1, 0.15) is 17.1 Å². The third-order valence-electron chi connectivity index (χ3n) is 11.5. The molecular formula is C40H50O5. The lowest BCUT2D eigenvalue weighted by Crippen LogP contribution is -2.83. The summed E-state index contributed by atoms with van der Waals surface area (Å²) >= 11 is 0. The van der Waals surface area contributed by atoms with Crippen LogP contribution in [0, 0.1) is 45.3 Å². The third-order valence-corrected chi connectivity index (χ3v) is 11.5. The zero-order chi connectivity index (χ0) is 33.5.